The molecule has 1 aromatic carbocycles. The van der Waals surface area contributed by atoms with Crippen LogP contribution in [0.1, 0.15) is 32.1 Å². The number of carbonyl (C=O) groups excluding carboxylic acids is 1. The van der Waals surface area contributed by atoms with Gasteiger partial charge >= 0.3 is 5.76 Å². The van der Waals surface area contributed by atoms with Crippen molar-refractivity contribution in [2.24, 2.45) is 0 Å². The lowest BCUT2D eigenvalue weighted by Gasteiger charge is -2.22. The number of oxazole rings is 1. The first-order valence-electron chi connectivity index (χ1n) is 7.62. The maximum absolute atomic E-state index is 12.1. The number of nitro groups is 1. The quantitative estimate of drug-likeness (QED) is 0.684. The van der Waals surface area contributed by atoms with Gasteiger partial charge in [-0.3, -0.25) is 19.5 Å². The van der Waals surface area contributed by atoms with Crippen molar-refractivity contribution < 1.29 is 14.1 Å². The Morgan fingerprint density at radius 1 is 1.35 bits per heavy atom. The molecule has 0 saturated heterocycles. The van der Waals surface area contributed by atoms with Gasteiger partial charge in [0.2, 0.25) is 5.91 Å². The van der Waals surface area contributed by atoms with E-state index in [0.29, 0.717) is 5.52 Å². The van der Waals surface area contributed by atoms with E-state index in [4.69, 9.17) is 4.42 Å². The van der Waals surface area contributed by atoms with E-state index in [2.05, 4.69) is 5.32 Å². The number of fused-ring (bicyclic) bond motifs is 1. The van der Waals surface area contributed by atoms with Crippen LogP contribution in [0.2, 0.25) is 0 Å². The lowest BCUT2D eigenvalue weighted by atomic mass is 9.95. The third-order valence-electron chi connectivity index (χ3n) is 4.13. The molecule has 8 nitrogen and oxygen atoms in total. The molecule has 0 aliphatic heterocycles. The summed E-state index contributed by atoms with van der Waals surface area (Å²) in [7, 11) is 0. The van der Waals surface area contributed by atoms with E-state index in [1.165, 1.54) is 29.2 Å². The Balaban J connectivity index is 1.79. The highest BCUT2D eigenvalue weighted by Gasteiger charge is 2.19. The Kier molecular flexibility index (Phi) is 4.14. The van der Waals surface area contributed by atoms with Gasteiger partial charge in [0, 0.05) is 12.1 Å². The van der Waals surface area contributed by atoms with Gasteiger partial charge in [0.15, 0.2) is 5.58 Å². The van der Waals surface area contributed by atoms with Gasteiger partial charge in [-0.15, -0.1) is 0 Å². The van der Waals surface area contributed by atoms with Gasteiger partial charge in [-0.25, -0.2) is 4.79 Å². The molecule has 0 spiro atoms. The molecule has 1 heterocycles. The second kappa shape index (κ2) is 6.23. The van der Waals surface area contributed by atoms with E-state index in [1.54, 1.807) is 0 Å². The number of benzene rings is 1. The smallest absolute Gasteiger partial charge is 0.407 e. The molecule has 2 aromatic rings. The fourth-order valence-electron chi connectivity index (χ4n) is 2.98. The molecular weight excluding hydrogens is 302 g/mol. The molecule has 1 amide bonds. The number of nitro benzene ring substituents is 1. The highest BCUT2D eigenvalue weighted by Crippen LogP contribution is 2.20. The molecule has 23 heavy (non-hydrogen) atoms. The van der Waals surface area contributed by atoms with E-state index < -0.39 is 10.7 Å². The van der Waals surface area contributed by atoms with Crippen molar-refractivity contribution in [3.63, 3.8) is 0 Å². The van der Waals surface area contributed by atoms with E-state index in [-0.39, 0.29) is 29.8 Å². The predicted molar refractivity (Wildman–Crippen MR) is 82.1 cm³/mol. The molecule has 122 valence electrons. The molecule has 0 radical (unpaired) electrons. The van der Waals surface area contributed by atoms with Crippen LogP contribution in [-0.4, -0.2) is 21.4 Å². The van der Waals surface area contributed by atoms with Gasteiger partial charge in [-0.1, -0.05) is 19.3 Å². The molecule has 1 N–H and O–H groups in total. The zero-order valence-electron chi connectivity index (χ0n) is 12.5. The molecule has 1 aliphatic rings. The maximum atomic E-state index is 12.1. The first kappa shape index (κ1) is 15.3. The fourth-order valence-corrected chi connectivity index (χ4v) is 2.98. The molecule has 0 atom stereocenters. The zero-order valence-corrected chi connectivity index (χ0v) is 12.5. The number of hydrogen-bond donors (Lipinski definition) is 1. The van der Waals surface area contributed by atoms with Crippen LogP contribution < -0.4 is 11.1 Å². The van der Waals surface area contributed by atoms with Crippen LogP contribution in [0.5, 0.6) is 0 Å². The molecule has 1 fully saturated rings. The minimum Gasteiger partial charge on any atom is -0.407 e. The van der Waals surface area contributed by atoms with Crippen LogP contribution in [-0.2, 0) is 11.3 Å². The number of hydrogen-bond acceptors (Lipinski definition) is 5. The number of amides is 1. The lowest BCUT2D eigenvalue weighted by Crippen LogP contribution is -2.39. The molecule has 8 heteroatoms. The van der Waals surface area contributed by atoms with Crippen molar-refractivity contribution in [3.8, 4) is 0 Å². The first-order chi connectivity index (χ1) is 11.0. The van der Waals surface area contributed by atoms with Crippen molar-refractivity contribution in [3.05, 3.63) is 38.9 Å². The Morgan fingerprint density at radius 2 is 2.09 bits per heavy atom. The normalized spacial score (nSPS) is 15.7. The molecule has 1 aromatic heterocycles. The van der Waals surface area contributed by atoms with Crippen LogP contribution in [0.25, 0.3) is 11.1 Å². The Morgan fingerprint density at radius 3 is 2.78 bits per heavy atom. The van der Waals surface area contributed by atoms with Gasteiger partial charge in [0.25, 0.3) is 5.69 Å². The molecule has 3 rings (SSSR count). The Bertz CT molecular complexity index is 801. The SMILES string of the molecule is O=C(Cn1c(=O)oc2cc([N+](=O)[O-])ccc21)NC1CCCCC1. The molecule has 1 saturated carbocycles. The summed E-state index contributed by atoms with van der Waals surface area (Å²) < 4.78 is 6.20. The summed E-state index contributed by atoms with van der Waals surface area (Å²) >= 11 is 0. The highest BCUT2D eigenvalue weighted by atomic mass is 16.6. The Labute approximate surface area is 131 Å². The van der Waals surface area contributed by atoms with Crippen LogP contribution >= 0.6 is 0 Å². The van der Waals surface area contributed by atoms with E-state index in [9.17, 15) is 19.7 Å². The minimum atomic E-state index is -0.695. The Hall–Kier alpha value is -2.64. The summed E-state index contributed by atoms with van der Waals surface area (Å²) in [6.45, 7) is -0.153. The lowest BCUT2D eigenvalue weighted by molar-refractivity contribution is -0.384. The van der Waals surface area contributed by atoms with Crippen molar-refractivity contribution in [2.75, 3.05) is 0 Å². The molecule has 1 aliphatic carbocycles. The van der Waals surface area contributed by atoms with Crippen molar-refractivity contribution in [1.82, 2.24) is 9.88 Å². The highest BCUT2D eigenvalue weighted by molar-refractivity contribution is 5.80. The van der Waals surface area contributed by atoms with Crippen molar-refractivity contribution in [1.29, 1.82) is 0 Å². The second-order valence-corrected chi connectivity index (χ2v) is 5.77. The van der Waals surface area contributed by atoms with Gasteiger partial charge in [0.1, 0.15) is 6.54 Å². The van der Waals surface area contributed by atoms with Gasteiger partial charge in [0.05, 0.1) is 16.5 Å². The number of rotatable bonds is 4. The summed E-state index contributed by atoms with van der Waals surface area (Å²) in [6, 6.07) is 4.05. The average Bonchev–Trinajstić information content (AvgIpc) is 2.83. The average molecular weight is 319 g/mol. The van der Waals surface area contributed by atoms with Crippen LogP contribution in [0.15, 0.2) is 27.4 Å². The van der Waals surface area contributed by atoms with Crippen molar-refractivity contribution >= 4 is 22.7 Å². The third kappa shape index (κ3) is 3.25. The third-order valence-corrected chi connectivity index (χ3v) is 4.13. The first-order valence-corrected chi connectivity index (χ1v) is 7.62. The number of nitrogens with zero attached hydrogens (tertiary/aromatic N) is 2. The predicted octanol–water partition coefficient (Wildman–Crippen LogP) is 1.95. The summed E-state index contributed by atoms with van der Waals surface area (Å²) in [4.78, 5) is 34.2. The number of aromatic nitrogens is 1. The van der Waals surface area contributed by atoms with Crippen LogP contribution in [0.3, 0.4) is 0 Å². The minimum absolute atomic E-state index is 0.106. The van der Waals surface area contributed by atoms with E-state index in [0.717, 1.165) is 25.7 Å². The largest absolute Gasteiger partial charge is 0.420 e. The number of non-ortho nitro benzene ring substituents is 1. The van der Waals surface area contributed by atoms with Gasteiger partial charge in [-0.2, -0.15) is 0 Å². The topological polar surface area (TPSA) is 107 Å². The fraction of sp³-hybridized carbons (Fsp3) is 0.467. The van der Waals surface area contributed by atoms with Crippen LogP contribution in [0.4, 0.5) is 5.69 Å². The molecule has 0 bridgehead atoms. The van der Waals surface area contributed by atoms with Gasteiger partial charge in [-0.05, 0) is 18.9 Å². The van der Waals surface area contributed by atoms with E-state index in [1.807, 2.05) is 0 Å². The van der Waals surface area contributed by atoms with Crippen LogP contribution in [0, 0.1) is 10.1 Å². The standard InChI is InChI=1S/C15H17N3O5/c19-14(16-10-4-2-1-3-5-10)9-17-12-7-6-11(18(21)22)8-13(12)23-15(17)20/h6-8,10H,1-5,9H2,(H,16,19). The zero-order chi connectivity index (χ0) is 16.4. The molecular formula is C15H17N3O5. The van der Waals surface area contributed by atoms with Gasteiger partial charge < -0.3 is 9.73 Å². The summed E-state index contributed by atoms with van der Waals surface area (Å²) in [5, 5.41) is 13.7. The summed E-state index contributed by atoms with van der Waals surface area (Å²) in [6.07, 6.45) is 5.31. The summed E-state index contributed by atoms with van der Waals surface area (Å²) in [5.74, 6) is -0.945. The number of nitrogens with one attached hydrogen (secondary N) is 1. The van der Waals surface area contributed by atoms with E-state index >= 15 is 0 Å². The maximum Gasteiger partial charge on any atom is 0.420 e. The van der Waals surface area contributed by atoms with Crippen molar-refractivity contribution in [2.45, 2.75) is 44.7 Å². The monoisotopic (exact) mass is 319 g/mol. The number of carbonyl (C=O) groups is 1. The molecule has 0 unspecified atom stereocenters. The second-order valence-electron chi connectivity index (χ2n) is 5.77. The summed E-state index contributed by atoms with van der Waals surface area (Å²) in [5.41, 5.74) is 0.319.